The van der Waals surface area contributed by atoms with E-state index in [1.807, 2.05) is 20.8 Å². The molecule has 0 radical (unpaired) electrons. The van der Waals surface area contributed by atoms with Crippen molar-refractivity contribution in [3.63, 3.8) is 0 Å². The van der Waals surface area contributed by atoms with Crippen LogP contribution in [0.25, 0.3) is 0 Å². The molecule has 0 atom stereocenters. The highest BCUT2D eigenvalue weighted by Crippen LogP contribution is 2.31. The quantitative estimate of drug-likeness (QED) is 0.851. The van der Waals surface area contributed by atoms with Crippen LogP contribution in [0.4, 0.5) is 0 Å². The Morgan fingerprint density at radius 2 is 1.76 bits per heavy atom. The molecular formula is C20H26N2O3. The molecule has 0 aromatic heterocycles. The molecule has 1 aromatic carbocycles. The van der Waals surface area contributed by atoms with Crippen molar-refractivity contribution in [1.82, 2.24) is 10.2 Å². The van der Waals surface area contributed by atoms with Crippen LogP contribution >= 0.6 is 0 Å². The molecule has 0 bridgehead atoms. The molecule has 3 rings (SSSR count). The maximum absolute atomic E-state index is 12.8. The predicted octanol–water partition coefficient (Wildman–Crippen LogP) is 3.53. The monoisotopic (exact) mass is 342 g/mol. The fourth-order valence-electron chi connectivity index (χ4n) is 3.54. The Kier molecular flexibility index (Phi) is 4.67. The number of carbonyl (C=O) groups is 3. The number of amides is 3. The zero-order valence-electron chi connectivity index (χ0n) is 15.2. The van der Waals surface area contributed by atoms with E-state index in [4.69, 9.17) is 0 Å². The zero-order valence-corrected chi connectivity index (χ0v) is 15.2. The number of hydrogen-bond donors (Lipinski definition) is 1. The standard InChI is InChI=1S/C20H26N2O3/c1-4-20(2,3)21-17(23)13-10-11-15-16(12-13)19(25)22(18(15)24)14-8-6-5-7-9-14/h10-12,14H,4-9H2,1-3H3,(H,21,23). The lowest BCUT2D eigenvalue weighted by molar-refractivity contribution is 0.0548. The van der Waals surface area contributed by atoms with Crippen LogP contribution in [0.5, 0.6) is 0 Å². The molecule has 25 heavy (non-hydrogen) atoms. The van der Waals surface area contributed by atoms with Crippen molar-refractivity contribution in [3.8, 4) is 0 Å². The molecule has 1 N–H and O–H groups in total. The van der Waals surface area contributed by atoms with Gasteiger partial charge in [-0.15, -0.1) is 0 Å². The number of nitrogens with one attached hydrogen (secondary N) is 1. The first kappa shape index (κ1) is 17.6. The van der Waals surface area contributed by atoms with Crippen LogP contribution in [0.15, 0.2) is 18.2 Å². The van der Waals surface area contributed by atoms with Gasteiger partial charge in [-0.2, -0.15) is 0 Å². The van der Waals surface area contributed by atoms with Crippen molar-refractivity contribution < 1.29 is 14.4 Å². The molecule has 5 heteroatoms. The molecule has 1 fully saturated rings. The van der Waals surface area contributed by atoms with Crippen LogP contribution in [0, 0.1) is 0 Å². The largest absolute Gasteiger partial charge is 0.347 e. The number of imide groups is 1. The van der Waals surface area contributed by atoms with Gasteiger partial charge in [0, 0.05) is 17.1 Å². The van der Waals surface area contributed by atoms with Gasteiger partial charge >= 0.3 is 0 Å². The van der Waals surface area contributed by atoms with Gasteiger partial charge in [0.05, 0.1) is 11.1 Å². The number of carbonyl (C=O) groups excluding carboxylic acids is 3. The third-order valence-corrected chi connectivity index (χ3v) is 5.46. The molecule has 5 nitrogen and oxygen atoms in total. The molecule has 2 aliphatic rings. The fraction of sp³-hybridized carbons (Fsp3) is 0.550. The van der Waals surface area contributed by atoms with Crippen molar-refractivity contribution >= 4 is 17.7 Å². The Labute approximate surface area is 148 Å². The molecule has 134 valence electrons. The van der Waals surface area contributed by atoms with Gasteiger partial charge in [0.25, 0.3) is 17.7 Å². The van der Waals surface area contributed by atoms with Crippen LogP contribution in [0.3, 0.4) is 0 Å². The first-order chi connectivity index (χ1) is 11.8. The maximum atomic E-state index is 12.8. The SMILES string of the molecule is CCC(C)(C)NC(=O)c1ccc2c(c1)C(=O)N(C1CCCCC1)C2=O. The van der Waals surface area contributed by atoms with Gasteiger partial charge in [0.1, 0.15) is 0 Å². The number of hydrogen-bond acceptors (Lipinski definition) is 3. The van der Waals surface area contributed by atoms with Gasteiger partial charge in [0.2, 0.25) is 0 Å². The second kappa shape index (κ2) is 6.62. The topological polar surface area (TPSA) is 66.5 Å². The Bertz CT molecular complexity index is 718. The average Bonchev–Trinajstić information content (AvgIpc) is 2.86. The minimum Gasteiger partial charge on any atom is -0.347 e. The summed E-state index contributed by atoms with van der Waals surface area (Å²) in [7, 11) is 0. The van der Waals surface area contributed by atoms with E-state index in [0.29, 0.717) is 16.7 Å². The van der Waals surface area contributed by atoms with Gasteiger partial charge in [-0.05, 0) is 51.3 Å². The molecule has 1 aliphatic carbocycles. The minimum absolute atomic E-state index is 0.00236. The molecule has 0 spiro atoms. The Morgan fingerprint density at radius 1 is 1.12 bits per heavy atom. The summed E-state index contributed by atoms with van der Waals surface area (Å²) in [5.74, 6) is -0.685. The van der Waals surface area contributed by atoms with E-state index in [1.165, 1.54) is 4.90 Å². The van der Waals surface area contributed by atoms with E-state index in [0.717, 1.165) is 38.5 Å². The van der Waals surface area contributed by atoms with Crippen LogP contribution in [0.2, 0.25) is 0 Å². The first-order valence-corrected chi connectivity index (χ1v) is 9.18. The van der Waals surface area contributed by atoms with E-state index >= 15 is 0 Å². The van der Waals surface area contributed by atoms with Crippen LogP contribution in [-0.2, 0) is 0 Å². The normalized spacial score (nSPS) is 18.4. The van der Waals surface area contributed by atoms with E-state index < -0.39 is 0 Å². The highest BCUT2D eigenvalue weighted by Gasteiger charge is 2.40. The van der Waals surface area contributed by atoms with E-state index in [9.17, 15) is 14.4 Å². The molecule has 1 heterocycles. The summed E-state index contributed by atoms with van der Waals surface area (Å²) in [5.41, 5.74) is 0.885. The maximum Gasteiger partial charge on any atom is 0.261 e. The summed E-state index contributed by atoms with van der Waals surface area (Å²) >= 11 is 0. The second-order valence-electron chi connectivity index (χ2n) is 7.72. The summed E-state index contributed by atoms with van der Waals surface area (Å²) in [6.07, 6.45) is 5.83. The highest BCUT2D eigenvalue weighted by atomic mass is 16.2. The van der Waals surface area contributed by atoms with Crippen LogP contribution in [-0.4, -0.2) is 34.2 Å². The zero-order chi connectivity index (χ0) is 18.2. The second-order valence-corrected chi connectivity index (χ2v) is 7.72. The molecular weight excluding hydrogens is 316 g/mol. The van der Waals surface area contributed by atoms with Gasteiger partial charge in [0.15, 0.2) is 0 Å². The van der Waals surface area contributed by atoms with E-state index in [-0.39, 0.29) is 29.3 Å². The van der Waals surface area contributed by atoms with E-state index in [1.54, 1.807) is 18.2 Å². The smallest absolute Gasteiger partial charge is 0.261 e. The Hall–Kier alpha value is -2.17. The summed E-state index contributed by atoms with van der Waals surface area (Å²) < 4.78 is 0. The minimum atomic E-state index is -0.315. The molecule has 0 unspecified atom stereocenters. The summed E-state index contributed by atoms with van der Waals surface area (Å²) in [4.78, 5) is 39.4. The predicted molar refractivity (Wildman–Crippen MR) is 95.7 cm³/mol. The van der Waals surface area contributed by atoms with E-state index in [2.05, 4.69) is 5.32 Å². The Balaban J connectivity index is 1.85. The fourth-order valence-corrected chi connectivity index (χ4v) is 3.54. The van der Waals surface area contributed by atoms with Gasteiger partial charge in [-0.1, -0.05) is 26.2 Å². The van der Waals surface area contributed by atoms with Gasteiger partial charge in [-0.3, -0.25) is 19.3 Å². The highest BCUT2D eigenvalue weighted by molar-refractivity contribution is 6.22. The number of rotatable bonds is 4. The molecule has 1 aromatic rings. The average molecular weight is 342 g/mol. The van der Waals surface area contributed by atoms with Gasteiger partial charge < -0.3 is 5.32 Å². The Morgan fingerprint density at radius 3 is 2.40 bits per heavy atom. The molecule has 1 saturated carbocycles. The summed E-state index contributed by atoms with van der Waals surface area (Å²) in [6.45, 7) is 5.92. The van der Waals surface area contributed by atoms with Crippen molar-refractivity contribution in [2.75, 3.05) is 0 Å². The van der Waals surface area contributed by atoms with Crippen LogP contribution < -0.4 is 5.32 Å². The van der Waals surface area contributed by atoms with Gasteiger partial charge in [-0.25, -0.2) is 0 Å². The first-order valence-electron chi connectivity index (χ1n) is 9.18. The third-order valence-electron chi connectivity index (χ3n) is 5.46. The lowest BCUT2D eigenvalue weighted by atomic mass is 9.94. The number of benzene rings is 1. The van der Waals surface area contributed by atoms with Crippen molar-refractivity contribution in [1.29, 1.82) is 0 Å². The molecule has 0 saturated heterocycles. The lowest BCUT2D eigenvalue weighted by Crippen LogP contribution is -2.42. The molecule has 3 amide bonds. The van der Waals surface area contributed by atoms with Crippen LogP contribution in [0.1, 0.15) is 90.4 Å². The summed E-state index contributed by atoms with van der Waals surface area (Å²) in [6, 6.07) is 4.82. The third kappa shape index (κ3) is 3.32. The summed E-state index contributed by atoms with van der Waals surface area (Å²) in [5, 5.41) is 2.97. The lowest BCUT2D eigenvalue weighted by Gasteiger charge is -2.29. The number of nitrogens with zero attached hydrogens (tertiary/aromatic N) is 1. The van der Waals surface area contributed by atoms with Crippen molar-refractivity contribution in [2.45, 2.75) is 70.9 Å². The molecule has 1 aliphatic heterocycles. The van der Waals surface area contributed by atoms with Crippen molar-refractivity contribution in [3.05, 3.63) is 34.9 Å². The number of fused-ring (bicyclic) bond motifs is 1. The van der Waals surface area contributed by atoms with Crippen molar-refractivity contribution in [2.24, 2.45) is 0 Å².